The summed E-state index contributed by atoms with van der Waals surface area (Å²) in [5.74, 6) is 1.18. The molecule has 0 saturated carbocycles. The molecule has 0 aliphatic heterocycles. The highest BCUT2D eigenvalue weighted by Gasteiger charge is 2.09. The second kappa shape index (κ2) is 7.68. The van der Waals surface area contributed by atoms with Crippen LogP contribution in [0.15, 0.2) is 58.0 Å². The number of hydrogen-bond acceptors (Lipinski definition) is 5. The van der Waals surface area contributed by atoms with Crippen LogP contribution in [0.3, 0.4) is 0 Å². The maximum atomic E-state index is 6.22. The number of aromatic nitrogens is 2. The standard InChI is InChI=1S/C23H21ClN4O/c1-13-9-14(2)22-19(27-28-23-25-15(3)11-16(4)26-23)12-20(29-21(22)10-13)17-5-7-18(24)8-6-17/h5-12H,1-4H3,(H,25,26,28). The van der Waals surface area contributed by atoms with Crippen molar-refractivity contribution in [2.24, 2.45) is 5.10 Å². The van der Waals surface area contributed by atoms with Crippen molar-refractivity contribution < 1.29 is 4.42 Å². The number of nitrogens with one attached hydrogen (secondary N) is 1. The molecule has 1 N–H and O–H groups in total. The Kier molecular flexibility index (Phi) is 5.07. The summed E-state index contributed by atoms with van der Waals surface area (Å²) in [7, 11) is 0. The lowest BCUT2D eigenvalue weighted by Crippen LogP contribution is -2.10. The number of anilines is 1. The van der Waals surface area contributed by atoms with E-state index in [4.69, 9.17) is 16.0 Å². The van der Waals surface area contributed by atoms with Gasteiger partial charge in [-0.3, -0.25) is 0 Å². The van der Waals surface area contributed by atoms with Gasteiger partial charge >= 0.3 is 0 Å². The third-order valence-electron chi connectivity index (χ3n) is 4.57. The lowest BCUT2D eigenvalue weighted by Gasteiger charge is -2.09. The van der Waals surface area contributed by atoms with E-state index in [1.165, 1.54) is 0 Å². The Morgan fingerprint density at radius 2 is 1.59 bits per heavy atom. The van der Waals surface area contributed by atoms with E-state index in [0.29, 0.717) is 16.7 Å². The fourth-order valence-electron chi connectivity index (χ4n) is 3.41. The maximum Gasteiger partial charge on any atom is 0.243 e. The summed E-state index contributed by atoms with van der Waals surface area (Å²) in [6, 6.07) is 15.5. The average Bonchev–Trinajstić information content (AvgIpc) is 2.65. The molecule has 6 heteroatoms. The molecule has 2 aromatic heterocycles. The molecule has 0 saturated heterocycles. The van der Waals surface area contributed by atoms with E-state index in [2.05, 4.69) is 40.4 Å². The van der Waals surface area contributed by atoms with Crippen molar-refractivity contribution in [3.05, 3.63) is 81.4 Å². The zero-order valence-electron chi connectivity index (χ0n) is 16.7. The van der Waals surface area contributed by atoms with Crippen molar-refractivity contribution in [1.29, 1.82) is 0 Å². The summed E-state index contributed by atoms with van der Waals surface area (Å²) in [5, 5.41) is 7.01. The molecule has 0 atom stereocenters. The van der Waals surface area contributed by atoms with Crippen LogP contribution >= 0.6 is 11.6 Å². The SMILES string of the molecule is Cc1cc(C)c2c(=NNc3nc(C)cc(C)n3)cc(-c3ccc(Cl)cc3)oc2c1. The van der Waals surface area contributed by atoms with Gasteiger partial charge in [-0.1, -0.05) is 17.7 Å². The molecule has 146 valence electrons. The van der Waals surface area contributed by atoms with Crippen molar-refractivity contribution in [3.8, 4) is 11.3 Å². The number of nitrogens with zero attached hydrogens (tertiary/aromatic N) is 3. The van der Waals surface area contributed by atoms with Gasteiger partial charge in [-0.2, -0.15) is 5.10 Å². The van der Waals surface area contributed by atoms with Gasteiger partial charge in [0.1, 0.15) is 11.3 Å². The summed E-state index contributed by atoms with van der Waals surface area (Å²) >= 11 is 6.04. The molecule has 5 nitrogen and oxygen atoms in total. The van der Waals surface area contributed by atoms with Crippen molar-refractivity contribution in [2.75, 3.05) is 5.43 Å². The second-order valence-corrected chi connectivity index (χ2v) is 7.59. The largest absolute Gasteiger partial charge is 0.456 e. The molecule has 0 bridgehead atoms. The van der Waals surface area contributed by atoms with Crippen LogP contribution in [-0.2, 0) is 0 Å². The number of benzene rings is 2. The normalized spacial score (nSPS) is 11.8. The predicted molar refractivity (Wildman–Crippen MR) is 117 cm³/mol. The third-order valence-corrected chi connectivity index (χ3v) is 4.83. The average molecular weight is 405 g/mol. The van der Waals surface area contributed by atoms with Gasteiger partial charge in [-0.25, -0.2) is 15.4 Å². The molecule has 4 aromatic rings. The molecule has 29 heavy (non-hydrogen) atoms. The van der Waals surface area contributed by atoms with Crippen LogP contribution in [0.25, 0.3) is 22.3 Å². The van der Waals surface area contributed by atoms with E-state index in [1.54, 1.807) is 0 Å². The Morgan fingerprint density at radius 3 is 2.28 bits per heavy atom. The minimum absolute atomic E-state index is 0.467. The van der Waals surface area contributed by atoms with Gasteiger partial charge < -0.3 is 4.42 Å². The Morgan fingerprint density at radius 1 is 0.897 bits per heavy atom. The van der Waals surface area contributed by atoms with E-state index in [0.717, 1.165) is 44.4 Å². The maximum absolute atomic E-state index is 6.22. The van der Waals surface area contributed by atoms with E-state index >= 15 is 0 Å². The summed E-state index contributed by atoms with van der Waals surface area (Å²) in [6.07, 6.45) is 0. The first-order valence-electron chi connectivity index (χ1n) is 9.32. The summed E-state index contributed by atoms with van der Waals surface area (Å²) < 4.78 is 6.22. The highest BCUT2D eigenvalue weighted by Crippen LogP contribution is 2.26. The summed E-state index contributed by atoms with van der Waals surface area (Å²) in [4.78, 5) is 8.80. The molecule has 0 aliphatic carbocycles. The first-order chi connectivity index (χ1) is 13.9. The Labute approximate surface area is 174 Å². The van der Waals surface area contributed by atoms with Gasteiger partial charge in [0.15, 0.2) is 0 Å². The molecule has 2 aromatic carbocycles. The first-order valence-corrected chi connectivity index (χ1v) is 9.70. The van der Waals surface area contributed by atoms with Gasteiger partial charge in [0, 0.05) is 33.4 Å². The number of fused-ring (bicyclic) bond motifs is 1. The van der Waals surface area contributed by atoms with E-state index in [9.17, 15) is 0 Å². The lowest BCUT2D eigenvalue weighted by atomic mass is 10.1. The molecule has 0 fully saturated rings. The lowest BCUT2D eigenvalue weighted by molar-refractivity contribution is 0.617. The monoisotopic (exact) mass is 404 g/mol. The topological polar surface area (TPSA) is 63.3 Å². The highest BCUT2D eigenvalue weighted by atomic mass is 35.5. The predicted octanol–water partition coefficient (Wildman–Crippen LogP) is 5.70. The van der Waals surface area contributed by atoms with Crippen molar-refractivity contribution in [1.82, 2.24) is 9.97 Å². The minimum Gasteiger partial charge on any atom is -0.456 e. The molecular weight excluding hydrogens is 384 g/mol. The third kappa shape index (κ3) is 4.15. The van der Waals surface area contributed by atoms with Gasteiger partial charge in [0.25, 0.3) is 0 Å². The fourth-order valence-corrected chi connectivity index (χ4v) is 3.54. The minimum atomic E-state index is 0.467. The van der Waals surface area contributed by atoms with Crippen LogP contribution in [0.5, 0.6) is 0 Å². The van der Waals surface area contributed by atoms with Crippen molar-refractivity contribution in [2.45, 2.75) is 27.7 Å². The van der Waals surface area contributed by atoms with Crippen LogP contribution in [0.1, 0.15) is 22.5 Å². The van der Waals surface area contributed by atoms with Crippen LogP contribution in [0, 0.1) is 27.7 Å². The smallest absolute Gasteiger partial charge is 0.243 e. The molecule has 0 spiro atoms. The van der Waals surface area contributed by atoms with E-state index in [1.807, 2.05) is 56.3 Å². The highest BCUT2D eigenvalue weighted by molar-refractivity contribution is 6.30. The fraction of sp³-hybridized carbons (Fsp3) is 0.174. The van der Waals surface area contributed by atoms with Gasteiger partial charge in [0.2, 0.25) is 5.95 Å². The van der Waals surface area contributed by atoms with Crippen molar-refractivity contribution in [3.63, 3.8) is 0 Å². The molecule has 4 rings (SSSR count). The van der Waals surface area contributed by atoms with Crippen LogP contribution < -0.4 is 10.8 Å². The number of hydrogen-bond donors (Lipinski definition) is 1. The van der Waals surface area contributed by atoms with E-state index < -0.39 is 0 Å². The molecule has 2 heterocycles. The number of rotatable bonds is 3. The first kappa shape index (κ1) is 19.2. The molecule has 0 radical (unpaired) electrons. The van der Waals surface area contributed by atoms with Crippen LogP contribution in [0.2, 0.25) is 5.02 Å². The molecular formula is C23H21ClN4O. The Balaban J connectivity index is 1.91. The summed E-state index contributed by atoms with van der Waals surface area (Å²) in [5.41, 5.74) is 8.70. The Hall–Kier alpha value is -3.18. The molecule has 0 aliphatic rings. The zero-order valence-corrected chi connectivity index (χ0v) is 17.5. The Bertz CT molecular complexity index is 1260. The second-order valence-electron chi connectivity index (χ2n) is 7.16. The summed E-state index contributed by atoms with van der Waals surface area (Å²) in [6.45, 7) is 7.97. The quantitative estimate of drug-likeness (QED) is 0.444. The van der Waals surface area contributed by atoms with Gasteiger partial charge in [-0.15, -0.1) is 0 Å². The van der Waals surface area contributed by atoms with Crippen LogP contribution in [0.4, 0.5) is 5.95 Å². The zero-order chi connectivity index (χ0) is 20.5. The van der Waals surface area contributed by atoms with Crippen LogP contribution in [-0.4, -0.2) is 9.97 Å². The molecule has 0 amide bonds. The van der Waals surface area contributed by atoms with E-state index in [-0.39, 0.29) is 0 Å². The molecule has 0 unspecified atom stereocenters. The van der Waals surface area contributed by atoms with Crippen molar-refractivity contribution >= 4 is 28.5 Å². The van der Waals surface area contributed by atoms with Gasteiger partial charge in [-0.05, 0) is 75.2 Å². The van der Waals surface area contributed by atoms with Gasteiger partial charge in [0.05, 0.1) is 5.36 Å². The number of halogens is 1. The number of aryl methyl sites for hydroxylation is 4.